The molecule has 0 N–H and O–H groups in total. The lowest BCUT2D eigenvalue weighted by molar-refractivity contribution is -0.143. The summed E-state index contributed by atoms with van der Waals surface area (Å²) in [7, 11) is 0. The Bertz CT molecular complexity index is 501. The minimum absolute atomic E-state index is 0.0339. The number of carbonyl (C=O) groups excluding carboxylic acids is 1. The molecule has 2 aliphatic heterocycles. The Balaban J connectivity index is 2.67. The Morgan fingerprint density at radius 2 is 2.46 bits per heavy atom. The fraction of sp³-hybridized carbons (Fsp3) is 0.700. The number of esters is 1. The normalized spacial score (nSPS) is 45.9. The van der Waals surface area contributed by atoms with E-state index in [1.165, 1.54) is 6.92 Å². The molecular weight excluding hydrogens is 168 g/mol. The van der Waals surface area contributed by atoms with Crippen LogP contribution >= 0.6 is 0 Å². The van der Waals surface area contributed by atoms with Crippen LogP contribution in [0.3, 0.4) is 0 Å². The molecule has 1 saturated heterocycles. The Morgan fingerprint density at radius 1 is 1.69 bits per heavy atom. The first-order valence-electron chi connectivity index (χ1n) is 7.85. The summed E-state index contributed by atoms with van der Waals surface area (Å²) in [5.41, 5.74) is -3.08. The molecule has 1 unspecified atom stereocenters. The Labute approximate surface area is 89.0 Å². The van der Waals surface area contributed by atoms with E-state index < -0.39 is 44.2 Å². The van der Waals surface area contributed by atoms with Crippen LogP contribution in [0.1, 0.15) is 44.4 Å². The molecule has 1 atom stereocenters. The minimum atomic E-state index is -3.26. The van der Waals surface area contributed by atoms with E-state index in [2.05, 4.69) is 0 Å². The Morgan fingerprint density at radius 3 is 3.15 bits per heavy atom. The third-order valence-corrected chi connectivity index (χ3v) is 2.02. The number of hydrogen-bond acceptors (Lipinski definition) is 3. The van der Waals surface area contributed by atoms with Gasteiger partial charge in [0, 0.05) is 11.0 Å². The van der Waals surface area contributed by atoms with Gasteiger partial charge in [0.2, 0.25) is 0 Å². The molecule has 2 aliphatic rings. The molecule has 2 rings (SSSR count). The Kier molecular flexibility index (Phi) is 0.634. The smallest absolute Gasteiger partial charge is 0.338 e. The molecule has 3 nitrogen and oxygen atoms in total. The standard InChI is InChI=1S/C10H14O3/c1-6-8-7(12-9(6)11)4-5-10(2,3)13-8/h7H,4-5H2,1-3H3/i2D3,3D3,5D2. The molecule has 72 valence electrons. The number of ether oxygens (including phenoxy) is 2. The lowest BCUT2D eigenvalue weighted by Crippen LogP contribution is -2.34. The van der Waals surface area contributed by atoms with Crippen LogP contribution in [-0.2, 0) is 14.3 Å². The predicted octanol–water partition coefficient (Wildman–Crippen LogP) is 1.77. The fourth-order valence-corrected chi connectivity index (χ4v) is 1.33. The van der Waals surface area contributed by atoms with Crippen molar-refractivity contribution in [3.63, 3.8) is 0 Å². The van der Waals surface area contributed by atoms with E-state index in [0.717, 1.165) is 0 Å². The molecule has 13 heavy (non-hydrogen) atoms. The summed E-state index contributed by atoms with van der Waals surface area (Å²) in [6.45, 7) is -5.19. The highest BCUT2D eigenvalue weighted by molar-refractivity contribution is 5.91. The van der Waals surface area contributed by atoms with Gasteiger partial charge in [-0.2, -0.15) is 0 Å². The van der Waals surface area contributed by atoms with E-state index in [4.69, 9.17) is 20.4 Å². The van der Waals surface area contributed by atoms with Gasteiger partial charge in [0.1, 0.15) is 11.4 Å². The second-order valence-electron chi connectivity index (χ2n) is 3.05. The van der Waals surface area contributed by atoms with E-state index in [9.17, 15) is 4.79 Å². The Hall–Kier alpha value is -0.990. The van der Waals surface area contributed by atoms with Gasteiger partial charge < -0.3 is 9.47 Å². The second-order valence-corrected chi connectivity index (χ2v) is 3.05. The average Bonchev–Trinajstić information content (AvgIpc) is 2.47. The molecule has 0 aromatic carbocycles. The van der Waals surface area contributed by atoms with Gasteiger partial charge in [-0.15, -0.1) is 0 Å². The van der Waals surface area contributed by atoms with Crippen LogP contribution in [0.15, 0.2) is 11.3 Å². The van der Waals surface area contributed by atoms with Crippen LogP contribution in [0.4, 0.5) is 0 Å². The zero-order chi connectivity index (χ0) is 16.4. The average molecular weight is 190 g/mol. The zero-order valence-electron chi connectivity index (χ0n) is 15.0. The first-order valence-corrected chi connectivity index (χ1v) is 3.85. The van der Waals surface area contributed by atoms with Crippen molar-refractivity contribution >= 4 is 5.97 Å². The molecule has 0 aromatic heterocycles. The van der Waals surface area contributed by atoms with Crippen molar-refractivity contribution in [1.82, 2.24) is 0 Å². The zero-order valence-corrected chi connectivity index (χ0v) is 7.01. The maximum absolute atomic E-state index is 11.5. The summed E-state index contributed by atoms with van der Waals surface area (Å²) in [4.78, 5) is 11.5. The number of hydrogen-bond donors (Lipinski definition) is 0. The highest BCUT2D eigenvalue weighted by atomic mass is 16.6. The van der Waals surface area contributed by atoms with Crippen molar-refractivity contribution < 1.29 is 25.2 Å². The first-order chi connectivity index (χ1) is 9.24. The highest BCUT2D eigenvalue weighted by Crippen LogP contribution is 2.37. The van der Waals surface area contributed by atoms with Gasteiger partial charge in [0.15, 0.2) is 6.10 Å². The third kappa shape index (κ3) is 1.32. The molecule has 0 aliphatic carbocycles. The molecule has 0 spiro atoms. The van der Waals surface area contributed by atoms with Crippen LogP contribution in [-0.4, -0.2) is 17.7 Å². The predicted molar refractivity (Wildman–Crippen MR) is 47.0 cm³/mol. The number of rotatable bonds is 0. The van der Waals surface area contributed by atoms with Crippen molar-refractivity contribution in [3.05, 3.63) is 11.3 Å². The van der Waals surface area contributed by atoms with Crippen LogP contribution in [0.25, 0.3) is 0 Å². The SMILES string of the molecule is [2H]C([2H])([2H])C1(C([2H])([2H])[2H])OC2=C(C)C(=O)OC2CC1([2H])[2H]. The van der Waals surface area contributed by atoms with Gasteiger partial charge in [-0.25, -0.2) is 4.79 Å². The van der Waals surface area contributed by atoms with Gasteiger partial charge in [-0.05, 0) is 33.4 Å². The lowest BCUT2D eigenvalue weighted by atomic mass is 9.95. The number of carbonyl (C=O) groups is 1. The summed E-state index contributed by atoms with van der Waals surface area (Å²) in [5, 5.41) is 0. The van der Waals surface area contributed by atoms with Crippen molar-refractivity contribution in [3.8, 4) is 0 Å². The molecule has 1 fully saturated rings. The highest BCUT2D eigenvalue weighted by Gasteiger charge is 2.41. The maximum Gasteiger partial charge on any atom is 0.338 e. The second kappa shape index (κ2) is 2.50. The summed E-state index contributed by atoms with van der Waals surface area (Å²) in [5.74, 6) is -0.972. The van der Waals surface area contributed by atoms with Crippen LogP contribution in [0.5, 0.6) is 0 Å². The van der Waals surface area contributed by atoms with E-state index in [-0.39, 0.29) is 11.3 Å². The van der Waals surface area contributed by atoms with Crippen molar-refractivity contribution in [2.45, 2.75) is 45.1 Å². The molecule has 3 heteroatoms. The van der Waals surface area contributed by atoms with Gasteiger partial charge in [-0.3, -0.25) is 0 Å². The largest absolute Gasteiger partial charge is 0.488 e. The van der Waals surface area contributed by atoms with E-state index >= 15 is 0 Å². The number of fused-ring (bicyclic) bond motifs is 1. The van der Waals surface area contributed by atoms with E-state index in [1.54, 1.807) is 0 Å². The summed E-state index contributed by atoms with van der Waals surface area (Å²) in [6, 6.07) is 0. The van der Waals surface area contributed by atoms with E-state index in [1.807, 2.05) is 0 Å². The summed E-state index contributed by atoms with van der Waals surface area (Å²) in [6.07, 6.45) is -4.41. The van der Waals surface area contributed by atoms with Gasteiger partial charge in [0.05, 0.1) is 5.57 Å². The van der Waals surface area contributed by atoms with Crippen LogP contribution in [0, 0.1) is 0 Å². The summed E-state index contributed by atoms with van der Waals surface area (Å²) < 4.78 is 71.0. The lowest BCUT2D eigenvalue weighted by Gasteiger charge is -2.34. The minimum Gasteiger partial charge on any atom is -0.488 e. The molecule has 0 saturated carbocycles. The third-order valence-electron chi connectivity index (χ3n) is 2.02. The molecule has 0 amide bonds. The molecule has 0 aromatic rings. The first kappa shape index (κ1) is 3.30. The molecule has 0 radical (unpaired) electrons. The topological polar surface area (TPSA) is 35.5 Å². The van der Waals surface area contributed by atoms with Crippen LogP contribution in [0.2, 0.25) is 0 Å². The molecule has 2 heterocycles. The molecular formula is C10H14O3. The van der Waals surface area contributed by atoms with Crippen LogP contribution < -0.4 is 0 Å². The van der Waals surface area contributed by atoms with Crippen molar-refractivity contribution in [1.29, 1.82) is 0 Å². The van der Waals surface area contributed by atoms with Gasteiger partial charge in [0.25, 0.3) is 0 Å². The van der Waals surface area contributed by atoms with E-state index in [0.29, 0.717) is 0 Å². The van der Waals surface area contributed by atoms with Crippen molar-refractivity contribution in [2.75, 3.05) is 0 Å². The monoisotopic (exact) mass is 190 g/mol. The van der Waals surface area contributed by atoms with Crippen molar-refractivity contribution in [2.24, 2.45) is 0 Å². The quantitative estimate of drug-likeness (QED) is 0.546. The maximum atomic E-state index is 11.5. The van der Waals surface area contributed by atoms with Gasteiger partial charge >= 0.3 is 5.97 Å². The summed E-state index contributed by atoms with van der Waals surface area (Å²) >= 11 is 0. The molecule has 0 bridgehead atoms. The fourth-order valence-electron chi connectivity index (χ4n) is 1.33. The van der Waals surface area contributed by atoms with Gasteiger partial charge in [-0.1, -0.05) is 0 Å².